The molecule has 0 saturated carbocycles. The molecule has 0 aromatic carbocycles. The largest absolute Gasteiger partial charge is 0.0961 e. The summed E-state index contributed by atoms with van der Waals surface area (Å²) < 4.78 is 0. The van der Waals surface area contributed by atoms with E-state index in [1.165, 1.54) is 57.8 Å². The maximum absolute atomic E-state index is 3.84. The highest BCUT2D eigenvalue weighted by molar-refractivity contribution is 5.10. The van der Waals surface area contributed by atoms with Crippen molar-refractivity contribution in [1.82, 2.24) is 0 Å². The maximum atomic E-state index is 3.84. The average molecular weight is 208 g/mol. The predicted molar refractivity (Wildman–Crippen MR) is 71.2 cm³/mol. The van der Waals surface area contributed by atoms with Crippen LogP contribution in [0.2, 0.25) is 0 Å². The minimum Gasteiger partial charge on any atom is -0.0961 e. The molecule has 0 heteroatoms. The molecule has 0 atom stereocenters. The molecule has 0 aliphatic carbocycles. The second-order valence-electron chi connectivity index (χ2n) is 4.51. The molecule has 0 fully saturated rings. The van der Waals surface area contributed by atoms with Gasteiger partial charge in [0.1, 0.15) is 0 Å². The Balaban J connectivity index is 3.02. The van der Waals surface area contributed by atoms with Crippen molar-refractivity contribution in [2.75, 3.05) is 0 Å². The fraction of sp³-hybridized carbons (Fsp3) is 0.733. The van der Waals surface area contributed by atoms with Gasteiger partial charge in [-0.05, 0) is 19.8 Å². The Hall–Kier alpha value is -0.520. The van der Waals surface area contributed by atoms with Crippen LogP contribution < -0.4 is 0 Å². The first-order valence-corrected chi connectivity index (χ1v) is 6.59. The molecule has 0 amide bonds. The SMILES string of the molecule is C=C(C)C=CCCCCCCCCCC. The zero-order valence-electron chi connectivity index (χ0n) is 10.7. The van der Waals surface area contributed by atoms with E-state index in [2.05, 4.69) is 25.7 Å². The van der Waals surface area contributed by atoms with Crippen molar-refractivity contribution >= 4 is 0 Å². The molecule has 0 unspecified atom stereocenters. The van der Waals surface area contributed by atoms with Crippen LogP contribution >= 0.6 is 0 Å². The predicted octanol–water partition coefficient (Wildman–Crippen LogP) is 5.65. The number of unbranched alkanes of at least 4 members (excludes halogenated alkanes) is 8. The topological polar surface area (TPSA) is 0 Å². The van der Waals surface area contributed by atoms with E-state index in [0.717, 1.165) is 5.57 Å². The molecule has 0 spiro atoms. The van der Waals surface area contributed by atoms with Gasteiger partial charge in [0.25, 0.3) is 0 Å². The Kier molecular flexibility index (Phi) is 11.2. The normalized spacial score (nSPS) is 11.1. The van der Waals surface area contributed by atoms with Crippen molar-refractivity contribution in [2.24, 2.45) is 0 Å². The number of hydrogen-bond acceptors (Lipinski definition) is 0. The second kappa shape index (κ2) is 11.6. The summed E-state index contributed by atoms with van der Waals surface area (Å²) in [5, 5.41) is 0. The van der Waals surface area contributed by atoms with E-state index < -0.39 is 0 Å². The third kappa shape index (κ3) is 13.5. The molecule has 0 radical (unpaired) electrons. The van der Waals surface area contributed by atoms with E-state index >= 15 is 0 Å². The summed E-state index contributed by atoms with van der Waals surface area (Å²) in [6, 6.07) is 0. The lowest BCUT2D eigenvalue weighted by Gasteiger charge is -1.99. The second-order valence-corrected chi connectivity index (χ2v) is 4.51. The molecule has 15 heavy (non-hydrogen) atoms. The van der Waals surface area contributed by atoms with E-state index in [4.69, 9.17) is 0 Å². The van der Waals surface area contributed by atoms with Crippen molar-refractivity contribution in [3.05, 3.63) is 24.3 Å². The standard InChI is InChI=1S/C15H28/c1-4-5-6-7-8-9-10-11-12-13-14-15(2)3/h13-14H,2,4-12H2,1,3H3. The molecule has 0 bridgehead atoms. The number of allylic oxidation sites excluding steroid dienone is 3. The van der Waals surface area contributed by atoms with Gasteiger partial charge in [0.15, 0.2) is 0 Å². The molecule has 0 aliphatic rings. The van der Waals surface area contributed by atoms with Crippen LogP contribution in [-0.4, -0.2) is 0 Å². The quantitative estimate of drug-likeness (QED) is 0.321. The zero-order valence-corrected chi connectivity index (χ0v) is 10.7. The monoisotopic (exact) mass is 208 g/mol. The lowest BCUT2D eigenvalue weighted by Crippen LogP contribution is -1.79. The molecular formula is C15H28. The molecule has 88 valence electrons. The fourth-order valence-electron chi connectivity index (χ4n) is 1.68. The summed E-state index contributed by atoms with van der Waals surface area (Å²) in [5.74, 6) is 0. The molecule has 0 saturated heterocycles. The van der Waals surface area contributed by atoms with Gasteiger partial charge >= 0.3 is 0 Å². The first kappa shape index (κ1) is 14.5. The molecule has 0 nitrogen and oxygen atoms in total. The Morgan fingerprint density at radius 2 is 1.47 bits per heavy atom. The summed E-state index contributed by atoms with van der Waals surface area (Å²) in [4.78, 5) is 0. The molecule has 0 aliphatic heterocycles. The third-order valence-corrected chi connectivity index (χ3v) is 2.63. The van der Waals surface area contributed by atoms with Gasteiger partial charge in [-0.25, -0.2) is 0 Å². The molecule has 0 N–H and O–H groups in total. The summed E-state index contributed by atoms with van der Waals surface area (Å²) in [6.45, 7) is 8.16. The Morgan fingerprint density at radius 1 is 0.933 bits per heavy atom. The first-order chi connectivity index (χ1) is 7.27. The maximum Gasteiger partial charge on any atom is -0.0348 e. The van der Waals surface area contributed by atoms with Crippen LogP contribution in [0, 0.1) is 0 Å². The van der Waals surface area contributed by atoms with E-state index in [-0.39, 0.29) is 0 Å². The van der Waals surface area contributed by atoms with Crippen LogP contribution in [0.5, 0.6) is 0 Å². The summed E-state index contributed by atoms with van der Waals surface area (Å²) in [7, 11) is 0. The van der Waals surface area contributed by atoms with Crippen molar-refractivity contribution in [3.8, 4) is 0 Å². The number of rotatable bonds is 10. The van der Waals surface area contributed by atoms with Crippen LogP contribution in [0.25, 0.3) is 0 Å². The highest BCUT2D eigenvalue weighted by atomic mass is 14.0. The smallest absolute Gasteiger partial charge is 0.0348 e. The van der Waals surface area contributed by atoms with Gasteiger partial charge in [0.05, 0.1) is 0 Å². The van der Waals surface area contributed by atoms with Gasteiger partial charge in [-0.3, -0.25) is 0 Å². The average Bonchev–Trinajstić information content (AvgIpc) is 2.20. The van der Waals surface area contributed by atoms with Crippen LogP contribution in [0.15, 0.2) is 24.3 Å². The zero-order chi connectivity index (χ0) is 11.4. The van der Waals surface area contributed by atoms with Crippen LogP contribution in [0.3, 0.4) is 0 Å². The summed E-state index contributed by atoms with van der Waals surface area (Å²) in [6.07, 6.45) is 16.8. The summed E-state index contributed by atoms with van der Waals surface area (Å²) in [5.41, 5.74) is 1.16. The van der Waals surface area contributed by atoms with E-state index in [9.17, 15) is 0 Å². The summed E-state index contributed by atoms with van der Waals surface area (Å²) >= 11 is 0. The Morgan fingerprint density at radius 3 is 2.00 bits per heavy atom. The minimum atomic E-state index is 1.16. The Labute approximate surface area is 96.5 Å². The minimum absolute atomic E-state index is 1.16. The van der Waals surface area contributed by atoms with Crippen LogP contribution in [0.4, 0.5) is 0 Å². The molecule has 0 rings (SSSR count). The number of hydrogen-bond donors (Lipinski definition) is 0. The van der Waals surface area contributed by atoms with Crippen molar-refractivity contribution in [2.45, 2.75) is 71.6 Å². The van der Waals surface area contributed by atoms with Crippen molar-refractivity contribution in [1.29, 1.82) is 0 Å². The highest BCUT2D eigenvalue weighted by Gasteiger charge is 1.90. The van der Waals surface area contributed by atoms with Crippen molar-refractivity contribution < 1.29 is 0 Å². The molecule has 0 aromatic rings. The van der Waals surface area contributed by atoms with Gasteiger partial charge in [0, 0.05) is 0 Å². The van der Waals surface area contributed by atoms with Crippen LogP contribution in [-0.2, 0) is 0 Å². The van der Waals surface area contributed by atoms with Crippen molar-refractivity contribution in [3.63, 3.8) is 0 Å². The van der Waals surface area contributed by atoms with Crippen LogP contribution in [0.1, 0.15) is 71.6 Å². The molecular weight excluding hydrogens is 180 g/mol. The highest BCUT2D eigenvalue weighted by Crippen LogP contribution is 2.09. The third-order valence-electron chi connectivity index (χ3n) is 2.63. The fourth-order valence-corrected chi connectivity index (χ4v) is 1.68. The van der Waals surface area contributed by atoms with E-state index in [1.54, 1.807) is 0 Å². The van der Waals surface area contributed by atoms with Gasteiger partial charge in [-0.2, -0.15) is 0 Å². The van der Waals surface area contributed by atoms with Gasteiger partial charge in [-0.15, -0.1) is 0 Å². The van der Waals surface area contributed by atoms with Gasteiger partial charge < -0.3 is 0 Å². The first-order valence-electron chi connectivity index (χ1n) is 6.59. The van der Waals surface area contributed by atoms with E-state index in [1.807, 2.05) is 6.92 Å². The molecule has 0 heterocycles. The molecule has 0 aromatic heterocycles. The lowest BCUT2D eigenvalue weighted by molar-refractivity contribution is 0.577. The Bertz CT molecular complexity index is 165. The van der Waals surface area contributed by atoms with Gasteiger partial charge in [-0.1, -0.05) is 76.2 Å². The van der Waals surface area contributed by atoms with E-state index in [0.29, 0.717) is 0 Å². The lowest BCUT2D eigenvalue weighted by atomic mass is 10.1. The van der Waals surface area contributed by atoms with Gasteiger partial charge in [0.2, 0.25) is 0 Å².